The molecule has 0 aromatic heterocycles. The van der Waals surface area contributed by atoms with Crippen molar-refractivity contribution in [1.82, 2.24) is 0 Å². The molecule has 3 nitrogen and oxygen atoms in total. The van der Waals surface area contributed by atoms with Crippen LogP contribution in [0.1, 0.15) is 82.1 Å². The average molecular weight is 454 g/mol. The highest BCUT2D eigenvalue weighted by Crippen LogP contribution is 2.69. The molecule has 176 valence electrons. The van der Waals surface area contributed by atoms with Gasteiger partial charge in [-0.15, -0.1) is 0 Å². The van der Waals surface area contributed by atoms with Crippen molar-refractivity contribution in [3.8, 4) is 0 Å². The summed E-state index contributed by atoms with van der Waals surface area (Å²) in [6.07, 6.45) is 4.41. The number of fused-ring (bicyclic) bond motifs is 5. The number of ketones is 1. The summed E-state index contributed by atoms with van der Waals surface area (Å²) >= 11 is 0. The van der Waals surface area contributed by atoms with Crippen molar-refractivity contribution in [2.45, 2.75) is 76.7 Å². The number of hydrogen-bond donors (Lipinski definition) is 0. The maximum atomic E-state index is 12.4. The molecule has 6 rings (SSSR count). The van der Waals surface area contributed by atoms with E-state index in [0.717, 1.165) is 31.4 Å². The van der Waals surface area contributed by atoms with Crippen molar-refractivity contribution in [3.05, 3.63) is 52.6 Å². The molecule has 1 aromatic rings. The Balaban J connectivity index is 1.54. The summed E-state index contributed by atoms with van der Waals surface area (Å²) in [4.78, 5) is 14.5. The van der Waals surface area contributed by atoms with Crippen LogP contribution < -0.4 is 4.90 Å². The van der Waals surface area contributed by atoms with Gasteiger partial charge >= 0.3 is 0 Å². The van der Waals surface area contributed by atoms with E-state index in [1.165, 1.54) is 22.3 Å². The first-order chi connectivity index (χ1) is 17.3. The van der Waals surface area contributed by atoms with Gasteiger partial charge in [-0.05, 0) is 97.6 Å². The van der Waals surface area contributed by atoms with Gasteiger partial charge in [-0.3, -0.25) is 4.79 Å². The molecule has 1 aliphatic heterocycles. The standard InChI is InChI=1S/C30H39NO2/c1-19-16-25-27-12-14-30(13-5-15-33-30)29(27,2)18-26(20-6-8-21(9-7-20)31(3)4)28(25)23-11-10-22(32)17-24(19)23/h6-9,17,19,25-27H,5,10-16,18H2,1-4H3/t19-,25+,26-,27+,29+,30+/m1/s1/i13T2,15T2. The lowest BCUT2D eigenvalue weighted by Crippen LogP contribution is -2.51. The molecule has 3 heteroatoms. The highest BCUT2D eigenvalue weighted by molar-refractivity contribution is 5.93. The summed E-state index contributed by atoms with van der Waals surface area (Å²) in [5, 5.41) is 0. The number of nitrogens with zero attached hydrogens (tertiary/aromatic N) is 1. The van der Waals surface area contributed by atoms with Gasteiger partial charge in [0.1, 0.15) is 0 Å². The van der Waals surface area contributed by atoms with Crippen LogP contribution in [-0.2, 0) is 9.53 Å². The largest absolute Gasteiger partial charge is 0.378 e. The van der Waals surface area contributed by atoms with Crippen LogP contribution in [0.2, 0.25) is 0 Å². The maximum Gasteiger partial charge on any atom is 0.156 e. The molecule has 0 unspecified atom stereocenters. The second kappa shape index (κ2) is 7.57. The first-order valence-electron chi connectivity index (χ1n) is 14.7. The number of carbonyl (C=O) groups is 1. The molecule has 1 aromatic carbocycles. The summed E-state index contributed by atoms with van der Waals surface area (Å²) in [5.41, 5.74) is 4.80. The van der Waals surface area contributed by atoms with Crippen molar-refractivity contribution in [2.75, 3.05) is 25.6 Å². The average Bonchev–Trinajstić information content (AvgIpc) is 3.22. The van der Waals surface area contributed by atoms with Crippen LogP contribution in [0.5, 0.6) is 0 Å². The molecular weight excluding hydrogens is 406 g/mol. The topological polar surface area (TPSA) is 29.5 Å². The Bertz CT molecular complexity index is 1200. The number of benzene rings is 1. The molecule has 1 heterocycles. The second-order valence-electron chi connectivity index (χ2n) is 11.5. The zero-order valence-corrected chi connectivity index (χ0v) is 20.4. The number of hydrogen-bond acceptors (Lipinski definition) is 3. The minimum Gasteiger partial charge on any atom is -0.378 e. The second-order valence-corrected chi connectivity index (χ2v) is 11.5. The highest BCUT2D eigenvalue weighted by atomic mass is 16.5. The Morgan fingerprint density at radius 2 is 1.97 bits per heavy atom. The summed E-state index contributed by atoms with van der Waals surface area (Å²) in [6, 6.07) is 8.75. The lowest BCUT2D eigenvalue weighted by atomic mass is 9.50. The molecule has 3 fully saturated rings. The zero-order chi connectivity index (χ0) is 26.5. The Kier molecular flexibility index (Phi) is 4.02. The van der Waals surface area contributed by atoms with E-state index in [-0.39, 0.29) is 35.9 Å². The van der Waals surface area contributed by atoms with E-state index in [1.54, 1.807) is 0 Å². The molecule has 0 radical (unpaired) electrons. The fourth-order valence-corrected chi connectivity index (χ4v) is 8.08. The van der Waals surface area contributed by atoms with E-state index >= 15 is 0 Å². The van der Waals surface area contributed by atoms with Crippen LogP contribution in [0, 0.1) is 23.2 Å². The fourth-order valence-electron chi connectivity index (χ4n) is 8.08. The lowest BCUT2D eigenvalue weighted by molar-refractivity contribution is -0.115. The lowest BCUT2D eigenvalue weighted by Gasteiger charge is -2.56. The van der Waals surface area contributed by atoms with Gasteiger partial charge in [-0.1, -0.05) is 31.6 Å². The fraction of sp³-hybridized carbons (Fsp3) is 0.633. The third-order valence-corrected chi connectivity index (χ3v) is 9.71. The van der Waals surface area contributed by atoms with Crippen molar-refractivity contribution in [3.63, 3.8) is 0 Å². The van der Waals surface area contributed by atoms with Crippen molar-refractivity contribution < 1.29 is 15.0 Å². The minimum absolute atomic E-state index is 0.0995. The van der Waals surface area contributed by atoms with Crippen LogP contribution in [0.15, 0.2) is 47.1 Å². The van der Waals surface area contributed by atoms with E-state index in [4.69, 9.17) is 10.2 Å². The summed E-state index contributed by atoms with van der Waals surface area (Å²) < 4.78 is 41.2. The Labute approximate surface area is 204 Å². The molecule has 0 amide bonds. The summed E-state index contributed by atoms with van der Waals surface area (Å²) in [7, 11) is 4.08. The van der Waals surface area contributed by atoms with Gasteiger partial charge in [0.25, 0.3) is 0 Å². The normalized spacial score (nSPS) is 44.7. The number of anilines is 1. The van der Waals surface area contributed by atoms with Gasteiger partial charge in [0.15, 0.2) is 5.78 Å². The van der Waals surface area contributed by atoms with Crippen LogP contribution in [0.3, 0.4) is 0 Å². The number of ether oxygens (including phenoxy) is 1. The predicted molar refractivity (Wildman–Crippen MR) is 133 cm³/mol. The van der Waals surface area contributed by atoms with Crippen LogP contribution in [0.25, 0.3) is 0 Å². The van der Waals surface area contributed by atoms with E-state index in [1.807, 2.05) is 20.2 Å². The third kappa shape index (κ3) is 3.07. The van der Waals surface area contributed by atoms with Crippen molar-refractivity contribution in [2.24, 2.45) is 23.2 Å². The van der Waals surface area contributed by atoms with Gasteiger partial charge in [-0.25, -0.2) is 0 Å². The van der Waals surface area contributed by atoms with Gasteiger partial charge in [0.05, 0.1) is 8.34 Å². The Morgan fingerprint density at radius 1 is 1.18 bits per heavy atom. The van der Waals surface area contributed by atoms with E-state index < -0.39 is 23.9 Å². The first kappa shape index (κ1) is 17.5. The zero-order valence-electron chi connectivity index (χ0n) is 24.4. The van der Waals surface area contributed by atoms with Crippen molar-refractivity contribution >= 4 is 11.5 Å². The molecule has 1 spiro atoms. The van der Waals surface area contributed by atoms with Crippen molar-refractivity contribution in [1.29, 1.82) is 0 Å². The molecular formula is C30H39NO2. The van der Waals surface area contributed by atoms with Gasteiger partial charge in [0.2, 0.25) is 0 Å². The molecule has 6 atom stereocenters. The van der Waals surface area contributed by atoms with Gasteiger partial charge < -0.3 is 9.64 Å². The van der Waals surface area contributed by atoms with E-state index in [9.17, 15) is 4.79 Å². The maximum absolute atomic E-state index is 12.4. The molecule has 1 saturated heterocycles. The first-order valence-corrected chi connectivity index (χ1v) is 12.7. The van der Waals surface area contributed by atoms with Crippen LogP contribution in [-0.4, -0.2) is 32.0 Å². The number of allylic oxidation sites excluding steroid dienone is 4. The van der Waals surface area contributed by atoms with Gasteiger partial charge in [-0.2, -0.15) is 0 Å². The minimum atomic E-state index is -1.96. The molecule has 33 heavy (non-hydrogen) atoms. The predicted octanol–water partition coefficient (Wildman–Crippen LogP) is 6.45. The highest BCUT2D eigenvalue weighted by Gasteiger charge is 2.64. The summed E-state index contributed by atoms with van der Waals surface area (Å²) in [5.74, 6) is 1.14. The Morgan fingerprint density at radius 3 is 2.67 bits per heavy atom. The van der Waals surface area contributed by atoms with Crippen LogP contribution in [0.4, 0.5) is 5.69 Å². The molecule has 4 aliphatic carbocycles. The smallest absolute Gasteiger partial charge is 0.156 e. The molecule has 0 bridgehead atoms. The quantitative estimate of drug-likeness (QED) is 0.515. The number of carbonyl (C=O) groups excluding carboxylic acids is 1. The third-order valence-electron chi connectivity index (χ3n) is 9.71. The molecule has 5 aliphatic rings. The van der Waals surface area contributed by atoms with Gasteiger partial charge in [0, 0.05) is 46.8 Å². The molecule has 0 N–H and O–H groups in total. The summed E-state index contributed by atoms with van der Waals surface area (Å²) in [6.45, 7) is 2.48. The SMILES string of the molecule is [3H]C1([3H])CC([3H])([3H])[C@@]2(CC[C@H]3[C@@H]4C[C@@H](C)C5=CC(=O)CCC5=C4[C@@H](c4ccc(N(C)C)cc4)C[C@@]32C)O1. The van der Waals surface area contributed by atoms with Crippen LogP contribution >= 0.6 is 0 Å². The number of rotatable bonds is 2. The van der Waals surface area contributed by atoms with E-state index in [2.05, 4.69) is 43.0 Å². The monoisotopic (exact) mass is 453 g/mol. The molecule has 2 saturated carbocycles. The van der Waals surface area contributed by atoms with E-state index in [0.29, 0.717) is 12.8 Å². The Hall–Kier alpha value is -1.87.